The minimum Gasteiger partial charge on any atom is -0.481 e. The number of aryl methyl sites for hydroxylation is 2. The molecule has 0 aromatic heterocycles. The van der Waals surface area contributed by atoms with Gasteiger partial charge < -0.3 is 14.8 Å². The molecule has 0 saturated carbocycles. The molecule has 4 heteroatoms. The van der Waals surface area contributed by atoms with Gasteiger partial charge in [0.2, 0.25) is 0 Å². The molecule has 106 valence electrons. The van der Waals surface area contributed by atoms with E-state index in [1.807, 2.05) is 32.0 Å². The summed E-state index contributed by atoms with van der Waals surface area (Å²) in [4.78, 5) is 11.8. The van der Waals surface area contributed by atoms with Gasteiger partial charge in [-0.3, -0.25) is 4.79 Å². The maximum absolute atomic E-state index is 11.8. The summed E-state index contributed by atoms with van der Waals surface area (Å²) in [6, 6.07) is 5.83. The summed E-state index contributed by atoms with van der Waals surface area (Å²) in [5.41, 5.74) is 2.37. The van der Waals surface area contributed by atoms with Crippen molar-refractivity contribution in [3.63, 3.8) is 0 Å². The van der Waals surface area contributed by atoms with Crippen LogP contribution in [0.15, 0.2) is 18.2 Å². The summed E-state index contributed by atoms with van der Waals surface area (Å²) < 4.78 is 10.5. The summed E-state index contributed by atoms with van der Waals surface area (Å²) in [5.74, 6) is 0.622. The number of amides is 1. The third-order valence-corrected chi connectivity index (χ3v) is 2.98. The minimum absolute atomic E-state index is 0.102. The average Bonchev–Trinajstić information content (AvgIpc) is 2.38. The zero-order valence-electron chi connectivity index (χ0n) is 12.2. The second-order valence-corrected chi connectivity index (χ2v) is 4.64. The normalized spacial score (nSPS) is 12.0. The molecule has 1 aromatic rings. The molecule has 1 rings (SSSR count). The topological polar surface area (TPSA) is 47.6 Å². The first kappa shape index (κ1) is 15.5. The number of ether oxygens (including phenoxy) is 2. The Kier molecular flexibility index (Phi) is 6.36. The second kappa shape index (κ2) is 7.79. The van der Waals surface area contributed by atoms with Gasteiger partial charge >= 0.3 is 0 Å². The molecule has 0 bridgehead atoms. The first-order valence-electron chi connectivity index (χ1n) is 6.55. The van der Waals surface area contributed by atoms with Crippen molar-refractivity contribution in [2.45, 2.75) is 33.3 Å². The number of rotatable bonds is 7. The van der Waals surface area contributed by atoms with E-state index < -0.39 is 6.10 Å². The van der Waals surface area contributed by atoms with Crippen LogP contribution in [0.2, 0.25) is 0 Å². The van der Waals surface area contributed by atoms with Gasteiger partial charge in [-0.05, 0) is 50.5 Å². The molecule has 4 nitrogen and oxygen atoms in total. The highest BCUT2D eigenvalue weighted by Crippen LogP contribution is 2.17. The Hall–Kier alpha value is -1.55. The molecular weight excluding hydrogens is 242 g/mol. The van der Waals surface area contributed by atoms with Gasteiger partial charge in [0.25, 0.3) is 5.91 Å². The molecular formula is C15H23NO3. The number of hydrogen-bond donors (Lipinski definition) is 1. The number of hydrogen-bond acceptors (Lipinski definition) is 3. The standard InChI is InChI=1S/C15H23NO3/c1-11-6-7-14(10-12(11)2)19-13(3)15(17)16-8-5-9-18-4/h6-7,10,13H,5,8-9H2,1-4H3,(H,16,17)/t13-/m1/s1. The van der Waals surface area contributed by atoms with Crippen molar-refractivity contribution >= 4 is 5.91 Å². The first-order valence-corrected chi connectivity index (χ1v) is 6.55. The molecule has 0 aliphatic heterocycles. The Morgan fingerprint density at radius 1 is 1.32 bits per heavy atom. The molecule has 1 aromatic carbocycles. The van der Waals surface area contributed by atoms with Gasteiger partial charge in [-0.15, -0.1) is 0 Å². The van der Waals surface area contributed by atoms with Crippen molar-refractivity contribution in [2.24, 2.45) is 0 Å². The maximum Gasteiger partial charge on any atom is 0.260 e. The van der Waals surface area contributed by atoms with Crippen molar-refractivity contribution in [3.8, 4) is 5.75 Å². The molecule has 1 amide bonds. The largest absolute Gasteiger partial charge is 0.481 e. The van der Waals surface area contributed by atoms with E-state index in [9.17, 15) is 4.79 Å². The molecule has 0 radical (unpaired) electrons. The Labute approximate surface area is 115 Å². The Bertz CT molecular complexity index is 418. The average molecular weight is 265 g/mol. The molecule has 1 atom stereocenters. The lowest BCUT2D eigenvalue weighted by Crippen LogP contribution is -2.37. The van der Waals surface area contributed by atoms with Crippen LogP contribution in [0.4, 0.5) is 0 Å². The first-order chi connectivity index (χ1) is 9.04. The fourth-order valence-electron chi connectivity index (χ4n) is 1.62. The number of carbonyl (C=O) groups is 1. The van der Waals surface area contributed by atoms with Crippen LogP contribution < -0.4 is 10.1 Å². The summed E-state index contributed by atoms with van der Waals surface area (Å²) in [5, 5.41) is 2.82. The van der Waals surface area contributed by atoms with Crippen molar-refractivity contribution in [2.75, 3.05) is 20.3 Å². The predicted octanol–water partition coefficient (Wildman–Crippen LogP) is 2.22. The Morgan fingerprint density at radius 3 is 2.68 bits per heavy atom. The summed E-state index contributed by atoms with van der Waals surface area (Å²) in [6.45, 7) is 7.07. The van der Waals surface area contributed by atoms with Gasteiger partial charge in [0.1, 0.15) is 5.75 Å². The van der Waals surface area contributed by atoms with Crippen molar-refractivity contribution < 1.29 is 14.3 Å². The molecule has 0 spiro atoms. The Balaban J connectivity index is 2.42. The smallest absolute Gasteiger partial charge is 0.260 e. The minimum atomic E-state index is -0.496. The molecule has 19 heavy (non-hydrogen) atoms. The summed E-state index contributed by atoms with van der Waals surface area (Å²) in [7, 11) is 1.65. The third-order valence-electron chi connectivity index (χ3n) is 2.98. The monoisotopic (exact) mass is 265 g/mol. The lowest BCUT2D eigenvalue weighted by molar-refractivity contribution is -0.127. The zero-order chi connectivity index (χ0) is 14.3. The predicted molar refractivity (Wildman–Crippen MR) is 75.5 cm³/mol. The Morgan fingerprint density at radius 2 is 2.05 bits per heavy atom. The van der Waals surface area contributed by atoms with E-state index >= 15 is 0 Å². The molecule has 0 aliphatic carbocycles. The van der Waals surface area contributed by atoms with Crippen molar-refractivity contribution in [1.29, 1.82) is 0 Å². The number of nitrogens with one attached hydrogen (secondary N) is 1. The quantitative estimate of drug-likeness (QED) is 0.769. The van der Waals surface area contributed by atoms with Gasteiger partial charge in [-0.1, -0.05) is 6.07 Å². The molecule has 0 saturated heterocycles. The van der Waals surface area contributed by atoms with Crippen molar-refractivity contribution in [1.82, 2.24) is 5.32 Å². The zero-order valence-corrected chi connectivity index (χ0v) is 12.2. The van der Waals surface area contributed by atoms with E-state index in [1.54, 1.807) is 14.0 Å². The highest BCUT2D eigenvalue weighted by atomic mass is 16.5. The number of carbonyl (C=O) groups excluding carboxylic acids is 1. The van der Waals surface area contributed by atoms with Crippen LogP contribution in [0, 0.1) is 13.8 Å². The van der Waals surface area contributed by atoms with Gasteiger partial charge in [0.05, 0.1) is 0 Å². The van der Waals surface area contributed by atoms with Crippen LogP contribution in [0.5, 0.6) is 5.75 Å². The second-order valence-electron chi connectivity index (χ2n) is 4.64. The SMILES string of the molecule is COCCCNC(=O)[C@@H](C)Oc1ccc(C)c(C)c1. The molecule has 0 heterocycles. The molecule has 0 aliphatic rings. The lowest BCUT2D eigenvalue weighted by Gasteiger charge is -2.15. The highest BCUT2D eigenvalue weighted by molar-refractivity contribution is 5.80. The van der Waals surface area contributed by atoms with Gasteiger partial charge in [-0.2, -0.15) is 0 Å². The van der Waals surface area contributed by atoms with Gasteiger partial charge in [0, 0.05) is 20.3 Å². The van der Waals surface area contributed by atoms with Crippen LogP contribution in [-0.4, -0.2) is 32.3 Å². The van der Waals surface area contributed by atoms with Crippen LogP contribution >= 0.6 is 0 Å². The van der Waals surface area contributed by atoms with E-state index in [4.69, 9.17) is 9.47 Å². The molecule has 0 unspecified atom stereocenters. The van der Waals surface area contributed by atoms with Crippen LogP contribution in [0.1, 0.15) is 24.5 Å². The van der Waals surface area contributed by atoms with Gasteiger partial charge in [-0.25, -0.2) is 0 Å². The van der Waals surface area contributed by atoms with Crippen molar-refractivity contribution in [3.05, 3.63) is 29.3 Å². The van der Waals surface area contributed by atoms with E-state index in [0.29, 0.717) is 13.2 Å². The lowest BCUT2D eigenvalue weighted by atomic mass is 10.1. The van der Waals surface area contributed by atoms with E-state index in [0.717, 1.165) is 17.7 Å². The highest BCUT2D eigenvalue weighted by Gasteiger charge is 2.14. The van der Waals surface area contributed by atoms with Crippen LogP contribution in [-0.2, 0) is 9.53 Å². The fraction of sp³-hybridized carbons (Fsp3) is 0.533. The summed E-state index contributed by atoms with van der Waals surface area (Å²) >= 11 is 0. The van der Waals surface area contributed by atoms with E-state index in [2.05, 4.69) is 5.32 Å². The number of benzene rings is 1. The van der Waals surface area contributed by atoms with E-state index in [-0.39, 0.29) is 5.91 Å². The van der Waals surface area contributed by atoms with E-state index in [1.165, 1.54) is 5.56 Å². The molecule has 1 N–H and O–H groups in total. The maximum atomic E-state index is 11.8. The van der Waals surface area contributed by atoms with Crippen LogP contribution in [0.25, 0.3) is 0 Å². The van der Waals surface area contributed by atoms with Crippen LogP contribution in [0.3, 0.4) is 0 Å². The number of methoxy groups -OCH3 is 1. The third kappa shape index (κ3) is 5.30. The molecule has 0 fully saturated rings. The fourth-order valence-corrected chi connectivity index (χ4v) is 1.62. The summed E-state index contributed by atoms with van der Waals surface area (Å²) in [6.07, 6.45) is 0.308. The van der Waals surface area contributed by atoms with Gasteiger partial charge in [0.15, 0.2) is 6.10 Å².